The van der Waals surface area contributed by atoms with Gasteiger partial charge in [-0.05, 0) is 73.8 Å². The normalized spacial score (nSPS) is 27.9. The fourth-order valence-corrected chi connectivity index (χ4v) is 5.38. The quantitative estimate of drug-likeness (QED) is 0.309. The minimum absolute atomic E-state index is 0.0336. The molecule has 1 aromatic rings. The Morgan fingerprint density at radius 3 is 2.11 bits per heavy atom. The maximum Gasteiger partial charge on any atom is 0.162 e. The number of allylic oxidation sites excluding steroid dienone is 2. The van der Waals surface area contributed by atoms with Gasteiger partial charge in [-0.15, -0.1) is 0 Å². The van der Waals surface area contributed by atoms with Gasteiger partial charge in [0.1, 0.15) is 0 Å². The second-order valence-electron chi connectivity index (χ2n) is 9.20. The molecule has 156 valence electrons. The molecule has 0 aromatic heterocycles. The summed E-state index contributed by atoms with van der Waals surface area (Å²) in [5, 5.41) is 0. The largest absolute Gasteiger partial charge is 0.203 e. The Balaban J connectivity index is 1.64. The lowest BCUT2D eigenvalue weighted by atomic mass is 9.76. The summed E-state index contributed by atoms with van der Waals surface area (Å²) in [5.74, 6) is 0.467. The van der Waals surface area contributed by atoms with Crippen LogP contribution in [0.2, 0.25) is 0 Å². The van der Waals surface area contributed by atoms with Gasteiger partial charge in [0.2, 0.25) is 0 Å². The van der Waals surface area contributed by atoms with E-state index in [2.05, 4.69) is 26.0 Å². The second kappa shape index (κ2) is 10.6. The first kappa shape index (κ1) is 21.5. The Kier molecular flexibility index (Phi) is 8.11. The summed E-state index contributed by atoms with van der Waals surface area (Å²) >= 11 is 0. The van der Waals surface area contributed by atoms with Crippen molar-refractivity contribution in [3.8, 4) is 0 Å². The van der Waals surface area contributed by atoms with Gasteiger partial charge >= 0.3 is 0 Å². The molecule has 1 fully saturated rings. The van der Waals surface area contributed by atoms with Gasteiger partial charge in [-0.3, -0.25) is 0 Å². The SMILES string of the molecule is CCCCCC1C=CC(c2ccc(C3CCC(CCC)CC3)c(F)c2F)CC1. The molecule has 0 amide bonds. The molecule has 2 atom stereocenters. The van der Waals surface area contributed by atoms with E-state index in [-0.39, 0.29) is 11.8 Å². The average Bonchev–Trinajstić information content (AvgIpc) is 2.72. The van der Waals surface area contributed by atoms with Crippen molar-refractivity contribution in [1.82, 2.24) is 0 Å². The van der Waals surface area contributed by atoms with E-state index in [1.807, 2.05) is 12.1 Å². The van der Waals surface area contributed by atoms with E-state index in [9.17, 15) is 8.78 Å². The first-order valence-corrected chi connectivity index (χ1v) is 11.8. The van der Waals surface area contributed by atoms with Crippen LogP contribution in [0.25, 0.3) is 0 Å². The fourth-order valence-electron chi connectivity index (χ4n) is 5.38. The summed E-state index contributed by atoms with van der Waals surface area (Å²) in [7, 11) is 0. The highest BCUT2D eigenvalue weighted by Crippen LogP contribution is 2.41. The Bertz CT molecular complexity index is 640. The van der Waals surface area contributed by atoms with Crippen LogP contribution in [0.15, 0.2) is 24.3 Å². The number of hydrogen-bond acceptors (Lipinski definition) is 0. The van der Waals surface area contributed by atoms with Crippen LogP contribution in [0.3, 0.4) is 0 Å². The first-order chi connectivity index (χ1) is 13.6. The predicted octanol–water partition coefficient (Wildman–Crippen LogP) is 8.67. The van der Waals surface area contributed by atoms with E-state index in [1.165, 1.54) is 38.5 Å². The van der Waals surface area contributed by atoms with Crippen molar-refractivity contribution < 1.29 is 8.78 Å². The molecule has 0 N–H and O–H groups in total. The van der Waals surface area contributed by atoms with E-state index < -0.39 is 11.6 Å². The van der Waals surface area contributed by atoms with Gasteiger partial charge in [0, 0.05) is 5.92 Å². The third kappa shape index (κ3) is 5.24. The van der Waals surface area contributed by atoms with Crippen molar-refractivity contribution in [2.75, 3.05) is 0 Å². The molecule has 0 spiro atoms. The van der Waals surface area contributed by atoms with Crippen molar-refractivity contribution >= 4 is 0 Å². The van der Waals surface area contributed by atoms with Crippen LogP contribution >= 0.6 is 0 Å². The van der Waals surface area contributed by atoms with Crippen LogP contribution in [0.5, 0.6) is 0 Å². The van der Waals surface area contributed by atoms with Crippen LogP contribution < -0.4 is 0 Å². The molecule has 28 heavy (non-hydrogen) atoms. The second-order valence-corrected chi connectivity index (χ2v) is 9.20. The lowest BCUT2D eigenvalue weighted by Crippen LogP contribution is -2.16. The summed E-state index contributed by atoms with van der Waals surface area (Å²) < 4.78 is 29.9. The monoisotopic (exact) mass is 388 g/mol. The van der Waals surface area contributed by atoms with E-state index in [0.717, 1.165) is 44.4 Å². The minimum atomic E-state index is -0.590. The lowest BCUT2D eigenvalue weighted by Gasteiger charge is -2.29. The molecule has 2 aliphatic rings. The van der Waals surface area contributed by atoms with Gasteiger partial charge in [-0.2, -0.15) is 0 Å². The molecule has 0 aliphatic heterocycles. The van der Waals surface area contributed by atoms with Crippen LogP contribution in [0.1, 0.15) is 114 Å². The lowest BCUT2D eigenvalue weighted by molar-refractivity contribution is 0.302. The predicted molar refractivity (Wildman–Crippen MR) is 115 cm³/mol. The Morgan fingerprint density at radius 1 is 0.750 bits per heavy atom. The number of halogens is 2. The highest BCUT2D eigenvalue weighted by Gasteiger charge is 2.28. The zero-order valence-corrected chi connectivity index (χ0v) is 17.9. The topological polar surface area (TPSA) is 0 Å². The molecular formula is C26H38F2. The molecule has 0 bridgehead atoms. The molecule has 0 radical (unpaired) electrons. The van der Waals surface area contributed by atoms with E-state index in [1.54, 1.807) is 0 Å². The molecule has 1 aromatic carbocycles. The number of benzene rings is 1. The standard InChI is InChI=1S/C26H38F2/c1-3-5-6-8-20-11-15-22(16-12-20)24-18-17-23(25(27)26(24)28)21-13-9-19(7-4-2)10-14-21/h11,15,17-22H,3-10,12-14,16H2,1-2H3. The Morgan fingerprint density at radius 2 is 1.46 bits per heavy atom. The maximum absolute atomic E-state index is 14.9. The van der Waals surface area contributed by atoms with E-state index >= 15 is 0 Å². The molecule has 2 heteroatoms. The molecule has 0 saturated heterocycles. The van der Waals surface area contributed by atoms with Crippen LogP contribution in [-0.4, -0.2) is 0 Å². The average molecular weight is 389 g/mol. The number of rotatable bonds is 8. The summed E-state index contributed by atoms with van der Waals surface area (Å²) in [6.45, 7) is 4.46. The van der Waals surface area contributed by atoms with Crippen LogP contribution in [0.4, 0.5) is 8.78 Å². The van der Waals surface area contributed by atoms with Gasteiger partial charge < -0.3 is 0 Å². The zero-order valence-electron chi connectivity index (χ0n) is 17.9. The Labute approximate surface area is 170 Å². The fraction of sp³-hybridized carbons (Fsp3) is 0.692. The van der Waals surface area contributed by atoms with Crippen LogP contribution in [0, 0.1) is 23.5 Å². The summed E-state index contributed by atoms with van der Waals surface area (Å²) in [5.41, 5.74) is 1.18. The third-order valence-corrected chi connectivity index (χ3v) is 7.17. The highest BCUT2D eigenvalue weighted by atomic mass is 19.2. The zero-order chi connectivity index (χ0) is 19.9. The Hall–Kier alpha value is -1.18. The van der Waals surface area contributed by atoms with Crippen molar-refractivity contribution in [1.29, 1.82) is 0 Å². The molecule has 0 nitrogen and oxygen atoms in total. The first-order valence-electron chi connectivity index (χ1n) is 11.8. The van der Waals surface area contributed by atoms with Gasteiger partial charge in [0.25, 0.3) is 0 Å². The van der Waals surface area contributed by atoms with Crippen molar-refractivity contribution in [3.63, 3.8) is 0 Å². The summed E-state index contributed by atoms with van der Waals surface area (Å²) in [4.78, 5) is 0. The van der Waals surface area contributed by atoms with Crippen LogP contribution in [-0.2, 0) is 0 Å². The summed E-state index contributed by atoms with van der Waals surface area (Å²) in [6, 6.07) is 3.76. The number of hydrogen-bond donors (Lipinski definition) is 0. The van der Waals surface area contributed by atoms with Gasteiger partial charge in [-0.1, -0.05) is 70.2 Å². The molecular weight excluding hydrogens is 350 g/mol. The third-order valence-electron chi connectivity index (χ3n) is 7.17. The molecule has 2 unspecified atom stereocenters. The van der Waals surface area contributed by atoms with Crippen molar-refractivity contribution in [2.24, 2.45) is 11.8 Å². The van der Waals surface area contributed by atoms with E-state index in [4.69, 9.17) is 0 Å². The maximum atomic E-state index is 14.9. The molecule has 2 aliphatic carbocycles. The van der Waals surface area contributed by atoms with E-state index in [0.29, 0.717) is 17.0 Å². The van der Waals surface area contributed by atoms with Crippen molar-refractivity contribution in [2.45, 2.75) is 103 Å². The molecule has 1 saturated carbocycles. The van der Waals surface area contributed by atoms with Crippen molar-refractivity contribution in [3.05, 3.63) is 47.0 Å². The molecule has 0 heterocycles. The highest BCUT2D eigenvalue weighted by molar-refractivity contribution is 5.34. The molecule has 3 rings (SSSR count). The minimum Gasteiger partial charge on any atom is -0.203 e. The smallest absolute Gasteiger partial charge is 0.162 e. The van der Waals surface area contributed by atoms with Gasteiger partial charge in [-0.25, -0.2) is 8.78 Å². The number of unbranched alkanes of at least 4 members (excludes halogenated alkanes) is 2. The van der Waals surface area contributed by atoms with Gasteiger partial charge in [0.15, 0.2) is 11.6 Å². The summed E-state index contributed by atoms with van der Waals surface area (Å²) in [6.07, 6.45) is 18.3. The van der Waals surface area contributed by atoms with Gasteiger partial charge in [0.05, 0.1) is 0 Å².